The molecule has 0 bridgehead atoms. The van der Waals surface area contributed by atoms with E-state index in [0.29, 0.717) is 5.69 Å². The van der Waals surface area contributed by atoms with E-state index < -0.39 is 11.9 Å². The third-order valence-electron chi connectivity index (χ3n) is 3.27. The number of carboxylic acids is 1. The molecule has 1 N–H and O–H groups in total. The number of hydrogen-bond donors (Lipinski definition) is 1. The van der Waals surface area contributed by atoms with E-state index in [1.165, 1.54) is 13.2 Å². The number of nitrogens with zero attached hydrogens (tertiary/aromatic N) is 1. The average molecular weight is 271 g/mol. The Kier molecular flexibility index (Phi) is 3.59. The van der Waals surface area contributed by atoms with Crippen LogP contribution in [0.2, 0.25) is 0 Å². The van der Waals surface area contributed by atoms with Crippen LogP contribution in [0.4, 0.5) is 14.5 Å². The van der Waals surface area contributed by atoms with E-state index in [1.807, 2.05) is 0 Å². The summed E-state index contributed by atoms with van der Waals surface area (Å²) in [5.74, 6) is -3.45. The maximum Gasteiger partial charge on any atom is 0.339 e. The molecule has 2 rings (SSSR count). The number of aromatic carboxylic acids is 1. The Morgan fingerprint density at radius 3 is 2.53 bits per heavy atom. The van der Waals surface area contributed by atoms with Gasteiger partial charge in [-0.25, -0.2) is 13.6 Å². The largest absolute Gasteiger partial charge is 0.496 e. The molecule has 1 aliphatic rings. The lowest BCUT2D eigenvalue weighted by molar-refractivity contribution is -0.0220. The minimum Gasteiger partial charge on any atom is -0.496 e. The minimum absolute atomic E-state index is 0.0392. The molecule has 0 saturated carbocycles. The van der Waals surface area contributed by atoms with Crippen molar-refractivity contribution < 1.29 is 23.4 Å². The summed E-state index contributed by atoms with van der Waals surface area (Å²) in [6, 6.07) is 4.70. The van der Waals surface area contributed by atoms with Gasteiger partial charge in [0.15, 0.2) is 0 Å². The van der Waals surface area contributed by atoms with Crippen LogP contribution in [0.3, 0.4) is 0 Å². The summed E-state index contributed by atoms with van der Waals surface area (Å²) in [7, 11) is 1.39. The van der Waals surface area contributed by atoms with Crippen molar-refractivity contribution in [3.8, 4) is 5.75 Å². The third kappa shape index (κ3) is 2.94. The third-order valence-corrected chi connectivity index (χ3v) is 3.27. The Balaban J connectivity index is 2.22. The van der Waals surface area contributed by atoms with Crippen LogP contribution in [0.5, 0.6) is 5.75 Å². The molecule has 1 saturated heterocycles. The highest BCUT2D eigenvalue weighted by Crippen LogP contribution is 2.32. The van der Waals surface area contributed by atoms with E-state index in [1.54, 1.807) is 17.0 Å². The van der Waals surface area contributed by atoms with Gasteiger partial charge in [-0.05, 0) is 18.2 Å². The van der Waals surface area contributed by atoms with E-state index in [0.717, 1.165) is 0 Å². The molecule has 1 aliphatic heterocycles. The van der Waals surface area contributed by atoms with Crippen LogP contribution in [-0.2, 0) is 0 Å². The van der Waals surface area contributed by atoms with Gasteiger partial charge in [-0.2, -0.15) is 0 Å². The molecule has 104 valence electrons. The van der Waals surface area contributed by atoms with Crippen LogP contribution < -0.4 is 9.64 Å². The van der Waals surface area contributed by atoms with E-state index in [9.17, 15) is 13.6 Å². The van der Waals surface area contributed by atoms with Crippen molar-refractivity contribution in [3.05, 3.63) is 23.8 Å². The maximum atomic E-state index is 13.1. The molecule has 4 nitrogen and oxygen atoms in total. The quantitative estimate of drug-likeness (QED) is 0.918. The fourth-order valence-electron chi connectivity index (χ4n) is 2.15. The summed E-state index contributed by atoms with van der Waals surface area (Å²) in [6.07, 6.45) is -0.414. The molecule has 19 heavy (non-hydrogen) atoms. The van der Waals surface area contributed by atoms with Gasteiger partial charge >= 0.3 is 5.97 Å². The van der Waals surface area contributed by atoms with Crippen molar-refractivity contribution in [1.29, 1.82) is 0 Å². The first-order valence-corrected chi connectivity index (χ1v) is 5.97. The molecule has 0 unspecified atom stereocenters. The Morgan fingerprint density at radius 1 is 1.37 bits per heavy atom. The van der Waals surface area contributed by atoms with Gasteiger partial charge in [0.2, 0.25) is 0 Å². The Labute approximate surface area is 109 Å². The van der Waals surface area contributed by atoms with Gasteiger partial charge in [0.1, 0.15) is 11.3 Å². The number of piperidine rings is 1. The van der Waals surface area contributed by atoms with Crippen LogP contribution in [0.1, 0.15) is 23.2 Å². The summed E-state index contributed by atoms with van der Waals surface area (Å²) in [5.41, 5.74) is 0.672. The van der Waals surface area contributed by atoms with Crippen LogP contribution in [0.15, 0.2) is 18.2 Å². The molecule has 0 spiro atoms. The number of ether oxygens (including phenoxy) is 1. The van der Waals surface area contributed by atoms with E-state index in [-0.39, 0.29) is 37.2 Å². The second-order valence-corrected chi connectivity index (χ2v) is 4.53. The number of halogens is 2. The van der Waals surface area contributed by atoms with Gasteiger partial charge in [0, 0.05) is 31.6 Å². The zero-order valence-electron chi connectivity index (χ0n) is 10.5. The summed E-state index contributed by atoms with van der Waals surface area (Å²) in [5, 5.41) is 9.08. The molecule has 0 aromatic heterocycles. The van der Waals surface area contributed by atoms with E-state index >= 15 is 0 Å². The average Bonchev–Trinajstić information content (AvgIpc) is 2.38. The van der Waals surface area contributed by atoms with Crippen molar-refractivity contribution >= 4 is 11.7 Å². The fourth-order valence-corrected chi connectivity index (χ4v) is 2.15. The number of alkyl halides is 2. The number of hydrogen-bond acceptors (Lipinski definition) is 3. The minimum atomic E-state index is -2.61. The number of carboxylic acid groups (broad SMARTS) is 1. The second-order valence-electron chi connectivity index (χ2n) is 4.53. The van der Waals surface area contributed by atoms with Crippen molar-refractivity contribution in [2.75, 3.05) is 25.1 Å². The summed E-state index contributed by atoms with van der Waals surface area (Å²) in [4.78, 5) is 12.9. The molecule has 1 fully saturated rings. The highest BCUT2D eigenvalue weighted by Gasteiger charge is 2.34. The lowest BCUT2D eigenvalue weighted by atomic mass is 10.1. The Morgan fingerprint density at radius 2 is 2.00 bits per heavy atom. The topological polar surface area (TPSA) is 49.8 Å². The van der Waals surface area contributed by atoms with Crippen molar-refractivity contribution in [2.45, 2.75) is 18.8 Å². The molecule has 1 heterocycles. The number of methoxy groups -OCH3 is 1. The SMILES string of the molecule is COc1ccc(N2CCC(F)(F)CC2)cc1C(=O)O. The highest BCUT2D eigenvalue weighted by molar-refractivity contribution is 5.92. The lowest BCUT2D eigenvalue weighted by Gasteiger charge is -2.33. The van der Waals surface area contributed by atoms with Crippen LogP contribution >= 0.6 is 0 Å². The first-order valence-electron chi connectivity index (χ1n) is 5.97. The first-order chi connectivity index (χ1) is 8.93. The maximum absolute atomic E-state index is 13.1. The fraction of sp³-hybridized carbons (Fsp3) is 0.462. The number of carbonyl (C=O) groups is 1. The van der Waals surface area contributed by atoms with Gasteiger partial charge in [-0.3, -0.25) is 0 Å². The number of anilines is 1. The van der Waals surface area contributed by atoms with Gasteiger partial charge in [-0.15, -0.1) is 0 Å². The molecule has 0 amide bonds. The molecular formula is C13H15F2NO3. The van der Waals surface area contributed by atoms with Gasteiger partial charge in [-0.1, -0.05) is 0 Å². The summed E-state index contributed by atoms with van der Waals surface area (Å²) >= 11 is 0. The second kappa shape index (κ2) is 5.03. The smallest absolute Gasteiger partial charge is 0.339 e. The molecule has 0 aliphatic carbocycles. The van der Waals surface area contributed by atoms with Crippen LogP contribution in [0.25, 0.3) is 0 Å². The van der Waals surface area contributed by atoms with Crippen molar-refractivity contribution in [3.63, 3.8) is 0 Å². The summed E-state index contributed by atoms with van der Waals surface area (Å²) < 4.78 is 31.1. The van der Waals surface area contributed by atoms with Gasteiger partial charge in [0.25, 0.3) is 5.92 Å². The van der Waals surface area contributed by atoms with Crippen LogP contribution in [0, 0.1) is 0 Å². The number of benzene rings is 1. The molecule has 0 atom stereocenters. The zero-order valence-corrected chi connectivity index (χ0v) is 10.5. The predicted molar refractivity (Wildman–Crippen MR) is 66.3 cm³/mol. The predicted octanol–water partition coefficient (Wildman–Crippen LogP) is 2.63. The van der Waals surface area contributed by atoms with E-state index in [4.69, 9.17) is 9.84 Å². The van der Waals surface area contributed by atoms with Crippen molar-refractivity contribution in [2.24, 2.45) is 0 Å². The summed E-state index contributed by atoms with van der Waals surface area (Å²) in [6.45, 7) is 0.441. The standard InChI is InChI=1S/C13H15F2NO3/c1-19-11-3-2-9(8-10(11)12(17)18)16-6-4-13(14,15)5-7-16/h2-3,8H,4-7H2,1H3,(H,17,18). The highest BCUT2D eigenvalue weighted by atomic mass is 19.3. The monoisotopic (exact) mass is 271 g/mol. The zero-order chi connectivity index (χ0) is 14.0. The van der Waals surface area contributed by atoms with Gasteiger partial charge in [0.05, 0.1) is 7.11 Å². The number of rotatable bonds is 3. The molecule has 1 aromatic carbocycles. The first kappa shape index (κ1) is 13.6. The molecule has 0 radical (unpaired) electrons. The Hall–Kier alpha value is -1.85. The Bertz CT molecular complexity index is 481. The molecular weight excluding hydrogens is 256 g/mol. The van der Waals surface area contributed by atoms with Crippen LogP contribution in [-0.4, -0.2) is 37.2 Å². The molecule has 6 heteroatoms. The molecule has 1 aromatic rings. The van der Waals surface area contributed by atoms with Gasteiger partial charge < -0.3 is 14.7 Å². The van der Waals surface area contributed by atoms with Crippen molar-refractivity contribution in [1.82, 2.24) is 0 Å². The normalized spacial score (nSPS) is 18.2. The lowest BCUT2D eigenvalue weighted by Crippen LogP contribution is -2.39. The van der Waals surface area contributed by atoms with E-state index in [2.05, 4.69) is 0 Å².